The lowest BCUT2D eigenvalue weighted by Crippen LogP contribution is -2.65. The molecule has 1 aromatic carbocycles. The van der Waals surface area contributed by atoms with Crippen molar-refractivity contribution in [3.63, 3.8) is 0 Å². The second kappa shape index (κ2) is 16.1. The Hall–Kier alpha value is -3.77. The fraction of sp³-hybridized carbons (Fsp3) is 0.690. The number of nitrogens with zero attached hydrogens (tertiary/aromatic N) is 5. The van der Waals surface area contributed by atoms with Crippen LogP contribution in [0.2, 0.25) is 0 Å². The zero-order chi connectivity index (χ0) is 38.0. The van der Waals surface area contributed by atoms with Gasteiger partial charge in [-0.15, -0.1) is 0 Å². The molecule has 0 bridgehead atoms. The Morgan fingerprint density at radius 2 is 1.59 bits per heavy atom. The number of nitrogens with one attached hydrogen (secondary N) is 1. The van der Waals surface area contributed by atoms with Crippen LogP contribution in [0.25, 0.3) is 0 Å². The smallest absolute Gasteiger partial charge is 0.257 e. The van der Waals surface area contributed by atoms with Crippen molar-refractivity contribution in [2.75, 3.05) is 59.6 Å². The average molecular weight is 745 g/mol. The number of ether oxygens (including phenoxy) is 2. The molecule has 0 radical (unpaired) electrons. The van der Waals surface area contributed by atoms with Crippen molar-refractivity contribution in [1.82, 2.24) is 29.8 Å². The minimum absolute atomic E-state index is 0.00707. The highest BCUT2D eigenvalue weighted by atomic mass is 16.5. The second-order valence-electron chi connectivity index (χ2n) is 17.7. The first-order valence-corrected chi connectivity index (χ1v) is 20.3. The fourth-order valence-electron chi connectivity index (χ4n) is 9.50. The number of aromatic nitrogens is 2. The lowest BCUT2D eigenvalue weighted by molar-refractivity contribution is -0.153. The number of methoxy groups -OCH3 is 1. The molecule has 5 aliphatic rings. The molecule has 1 unspecified atom stereocenters. The fourth-order valence-corrected chi connectivity index (χ4v) is 9.50. The van der Waals surface area contributed by atoms with Gasteiger partial charge in [0.1, 0.15) is 6.04 Å². The van der Waals surface area contributed by atoms with E-state index in [2.05, 4.69) is 24.3 Å². The molecule has 3 aliphatic heterocycles. The van der Waals surface area contributed by atoms with Crippen LogP contribution in [0.15, 0.2) is 42.7 Å². The van der Waals surface area contributed by atoms with E-state index in [4.69, 9.17) is 9.47 Å². The van der Waals surface area contributed by atoms with Crippen molar-refractivity contribution < 1.29 is 28.7 Å². The van der Waals surface area contributed by atoms with Gasteiger partial charge in [-0.1, -0.05) is 63.4 Å². The molecule has 12 heteroatoms. The number of benzene rings is 1. The minimum Gasteiger partial charge on any atom is -0.384 e. The van der Waals surface area contributed by atoms with Crippen LogP contribution < -0.4 is 5.32 Å². The van der Waals surface area contributed by atoms with Gasteiger partial charge in [0.2, 0.25) is 17.7 Å². The molecule has 1 aromatic heterocycles. The number of amides is 4. The highest BCUT2D eigenvalue weighted by Gasteiger charge is 2.62. The molecule has 4 heterocycles. The van der Waals surface area contributed by atoms with Gasteiger partial charge in [-0.25, -0.2) is 0 Å². The molecule has 1 spiro atoms. The van der Waals surface area contributed by atoms with Crippen LogP contribution in [0.4, 0.5) is 0 Å². The van der Waals surface area contributed by atoms with Crippen molar-refractivity contribution in [3.05, 3.63) is 53.9 Å². The maximum absolute atomic E-state index is 14.7. The third-order valence-electron chi connectivity index (χ3n) is 13.0. The molecule has 1 N–H and O–H groups in total. The summed E-state index contributed by atoms with van der Waals surface area (Å²) in [6.07, 6.45) is 11.4. The Morgan fingerprint density at radius 3 is 2.30 bits per heavy atom. The average Bonchev–Trinajstić information content (AvgIpc) is 3.46. The highest BCUT2D eigenvalue weighted by Crippen LogP contribution is 2.54. The molecule has 12 nitrogen and oxygen atoms in total. The summed E-state index contributed by atoms with van der Waals surface area (Å²) in [6.45, 7) is 10.4. The Labute approximate surface area is 320 Å². The van der Waals surface area contributed by atoms with E-state index in [-0.39, 0.29) is 47.4 Å². The van der Waals surface area contributed by atoms with Gasteiger partial charge in [-0.2, -0.15) is 5.10 Å². The van der Waals surface area contributed by atoms with E-state index < -0.39 is 23.5 Å². The Morgan fingerprint density at radius 1 is 0.889 bits per heavy atom. The highest BCUT2D eigenvalue weighted by molar-refractivity contribution is 5.96. The summed E-state index contributed by atoms with van der Waals surface area (Å²) in [7, 11) is 1.69. The van der Waals surface area contributed by atoms with Crippen molar-refractivity contribution in [2.24, 2.45) is 34.5 Å². The van der Waals surface area contributed by atoms with E-state index in [9.17, 15) is 19.2 Å². The molecular weight excluding hydrogens is 684 g/mol. The topological polar surface area (TPSA) is 126 Å². The lowest BCUT2D eigenvalue weighted by Gasteiger charge is -2.50. The van der Waals surface area contributed by atoms with Gasteiger partial charge < -0.3 is 29.5 Å². The number of likely N-dealkylation sites (tertiary alicyclic amines) is 3. The molecule has 54 heavy (non-hydrogen) atoms. The predicted molar refractivity (Wildman–Crippen MR) is 203 cm³/mol. The van der Waals surface area contributed by atoms with Crippen molar-refractivity contribution in [1.29, 1.82) is 0 Å². The Kier molecular flexibility index (Phi) is 11.5. The molecule has 5 atom stereocenters. The van der Waals surface area contributed by atoms with Gasteiger partial charge in [0, 0.05) is 70.5 Å². The first-order chi connectivity index (χ1) is 26.0. The summed E-state index contributed by atoms with van der Waals surface area (Å²) < 4.78 is 13.6. The summed E-state index contributed by atoms with van der Waals surface area (Å²) in [6, 6.07) is 9.09. The number of carbonyl (C=O) groups excluding carboxylic acids is 4. The number of rotatable bonds is 13. The van der Waals surface area contributed by atoms with Crippen LogP contribution >= 0.6 is 0 Å². The largest absolute Gasteiger partial charge is 0.384 e. The summed E-state index contributed by atoms with van der Waals surface area (Å²) >= 11 is 0. The third kappa shape index (κ3) is 8.39. The van der Waals surface area contributed by atoms with Crippen LogP contribution in [-0.4, -0.2) is 120 Å². The molecule has 2 aromatic rings. The van der Waals surface area contributed by atoms with E-state index in [1.165, 1.54) is 19.3 Å². The van der Waals surface area contributed by atoms with E-state index in [1.807, 2.05) is 47.1 Å². The number of carbonyl (C=O) groups is 4. The molecule has 294 valence electrons. The maximum Gasteiger partial charge on any atom is 0.257 e. The predicted octanol–water partition coefficient (Wildman–Crippen LogP) is 4.23. The second-order valence-corrected chi connectivity index (χ2v) is 17.7. The standard InChI is InChI=1S/C42H60N6O6/c1-29(54-25-31-14-9-6-10-15-31)36(40(52)45-17-11-16-32(20-45)24-53-4)44-37(49)35-23-46(26-42(35)27-47(28-42)39(51)34-18-41(34,2)3)38(50)33-19-43-48(22-33)21-30-12-7-5-8-13-30/h5,7-8,12-13,19,22,29,31-32,34-36H,6,9-11,14-18,20-21,23-28H2,1-4H3,(H,44,49)/t29-,32?,34-,35-,36+/m1/s1. The Bertz CT molecular complexity index is 1650. The normalized spacial score (nSPS) is 25.9. The van der Waals surface area contributed by atoms with Crippen LogP contribution in [0.5, 0.6) is 0 Å². The van der Waals surface area contributed by atoms with Crippen LogP contribution in [-0.2, 0) is 30.4 Å². The van der Waals surface area contributed by atoms with Crippen molar-refractivity contribution in [2.45, 2.75) is 90.8 Å². The van der Waals surface area contributed by atoms with Gasteiger partial charge in [0.05, 0.1) is 36.9 Å². The molecular formula is C42H60N6O6. The van der Waals surface area contributed by atoms with E-state index >= 15 is 0 Å². The van der Waals surface area contributed by atoms with Crippen LogP contribution in [0.3, 0.4) is 0 Å². The molecule has 2 aliphatic carbocycles. The first-order valence-electron chi connectivity index (χ1n) is 20.3. The van der Waals surface area contributed by atoms with Crippen molar-refractivity contribution in [3.8, 4) is 0 Å². The van der Waals surface area contributed by atoms with Gasteiger partial charge in [-0.05, 0) is 61.8 Å². The summed E-state index contributed by atoms with van der Waals surface area (Å²) in [5.41, 5.74) is 0.923. The number of hydrogen-bond acceptors (Lipinski definition) is 7. The van der Waals surface area contributed by atoms with Crippen LogP contribution in [0.1, 0.15) is 88.1 Å². The van der Waals surface area contributed by atoms with Gasteiger partial charge in [0.15, 0.2) is 0 Å². The van der Waals surface area contributed by atoms with Gasteiger partial charge in [0.25, 0.3) is 5.91 Å². The van der Waals surface area contributed by atoms with Crippen molar-refractivity contribution >= 4 is 23.6 Å². The van der Waals surface area contributed by atoms with E-state index in [1.54, 1.807) is 29.1 Å². The quantitative estimate of drug-likeness (QED) is 0.326. The third-order valence-corrected chi connectivity index (χ3v) is 13.0. The lowest BCUT2D eigenvalue weighted by atomic mass is 9.70. The summed E-state index contributed by atoms with van der Waals surface area (Å²) in [5, 5.41) is 7.66. The Balaban J connectivity index is 1.09. The minimum atomic E-state index is -0.870. The molecule has 5 fully saturated rings. The number of piperidine rings is 1. The van der Waals surface area contributed by atoms with Crippen LogP contribution in [0, 0.1) is 34.5 Å². The molecule has 2 saturated carbocycles. The zero-order valence-electron chi connectivity index (χ0n) is 32.7. The molecule has 7 rings (SSSR count). The number of hydrogen-bond donors (Lipinski definition) is 1. The first kappa shape index (κ1) is 38.5. The monoisotopic (exact) mass is 744 g/mol. The molecule has 4 amide bonds. The van der Waals surface area contributed by atoms with E-state index in [0.717, 1.165) is 37.7 Å². The maximum atomic E-state index is 14.7. The van der Waals surface area contributed by atoms with Gasteiger partial charge in [-0.3, -0.25) is 23.9 Å². The summed E-state index contributed by atoms with van der Waals surface area (Å²) in [4.78, 5) is 62.0. The summed E-state index contributed by atoms with van der Waals surface area (Å²) in [5.74, 6) is -0.358. The SMILES string of the molecule is COCC1CCCN(C(=O)[C@@H](NC(=O)[C@H]2CN(C(=O)c3cnn(Cc4ccccc4)c3)CC23CN(C(=O)[C@H]2CC2(C)C)C3)[C@@H](C)OCC2CCCCC2)C1. The van der Waals surface area contributed by atoms with Gasteiger partial charge >= 0.3 is 0 Å². The molecule has 3 saturated heterocycles. The van der Waals surface area contributed by atoms with E-state index in [0.29, 0.717) is 64.0 Å². The zero-order valence-corrected chi connectivity index (χ0v) is 32.7.